The topological polar surface area (TPSA) is 17.1 Å². The molecule has 0 atom stereocenters. The molecule has 19 heavy (non-hydrogen) atoms. The predicted octanol–water partition coefficient (Wildman–Crippen LogP) is 5.11. The normalized spacial score (nSPS) is 21.7. The molecule has 0 saturated heterocycles. The summed E-state index contributed by atoms with van der Waals surface area (Å²) in [6.45, 7) is 0. The van der Waals surface area contributed by atoms with Gasteiger partial charge in [0.25, 0.3) is 0 Å². The van der Waals surface area contributed by atoms with Gasteiger partial charge in [-0.25, -0.2) is 0 Å². The standard InChI is InChI=1S/C18H24O/c19-18(16-8-4-5-9-16)17-12-10-15(11-13-17)14-6-2-1-3-7-14/h10-14,16H,1-9H2. The molecule has 102 valence electrons. The third-order valence-electron chi connectivity index (χ3n) is 5.00. The highest BCUT2D eigenvalue weighted by molar-refractivity contribution is 5.98. The average Bonchev–Trinajstić information content (AvgIpc) is 3.02. The summed E-state index contributed by atoms with van der Waals surface area (Å²) in [5, 5.41) is 0. The number of hydrogen-bond acceptors (Lipinski definition) is 1. The minimum absolute atomic E-state index is 0.306. The predicted molar refractivity (Wildman–Crippen MR) is 78.6 cm³/mol. The van der Waals surface area contributed by atoms with Gasteiger partial charge in [-0.05, 0) is 37.2 Å². The molecule has 1 aromatic rings. The first-order valence-electron chi connectivity index (χ1n) is 7.99. The number of benzene rings is 1. The van der Waals surface area contributed by atoms with Gasteiger partial charge in [0.1, 0.15) is 0 Å². The van der Waals surface area contributed by atoms with E-state index in [0.717, 1.165) is 24.3 Å². The van der Waals surface area contributed by atoms with Gasteiger partial charge in [0.15, 0.2) is 5.78 Å². The molecule has 1 nitrogen and oxygen atoms in total. The Morgan fingerprint density at radius 2 is 1.37 bits per heavy atom. The van der Waals surface area contributed by atoms with Crippen LogP contribution in [0.25, 0.3) is 0 Å². The van der Waals surface area contributed by atoms with E-state index >= 15 is 0 Å². The van der Waals surface area contributed by atoms with Crippen LogP contribution in [0.4, 0.5) is 0 Å². The summed E-state index contributed by atoms with van der Waals surface area (Å²) in [5.74, 6) is 1.43. The fraction of sp³-hybridized carbons (Fsp3) is 0.611. The van der Waals surface area contributed by atoms with Crippen LogP contribution in [0, 0.1) is 5.92 Å². The molecule has 3 rings (SSSR count). The van der Waals surface area contributed by atoms with E-state index < -0.39 is 0 Å². The second-order valence-corrected chi connectivity index (χ2v) is 6.30. The number of rotatable bonds is 3. The first-order valence-corrected chi connectivity index (χ1v) is 7.99. The molecule has 2 aliphatic carbocycles. The van der Waals surface area contributed by atoms with Gasteiger partial charge in [0.2, 0.25) is 0 Å². The molecule has 0 unspecified atom stereocenters. The third kappa shape index (κ3) is 2.91. The quantitative estimate of drug-likeness (QED) is 0.687. The summed E-state index contributed by atoms with van der Waals surface area (Å²) in [7, 11) is 0. The van der Waals surface area contributed by atoms with E-state index in [2.05, 4.69) is 24.3 Å². The summed E-state index contributed by atoms with van der Waals surface area (Å²) < 4.78 is 0. The van der Waals surface area contributed by atoms with Crippen LogP contribution in [0.1, 0.15) is 79.6 Å². The van der Waals surface area contributed by atoms with Crippen molar-refractivity contribution in [2.45, 2.75) is 63.7 Å². The molecule has 2 saturated carbocycles. The van der Waals surface area contributed by atoms with Crippen LogP contribution in [0.3, 0.4) is 0 Å². The van der Waals surface area contributed by atoms with Gasteiger partial charge in [-0.1, -0.05) is 56.4 Å². The molecule has 0 heterocycles. The largest absolute Gasteiger partial charge is 0.294 e. The van der Waals surface area contributed by atoms with E-state index in [1.807, 2.05) is 0 Å². The van der Waals surface area contributed by atoms with Crippen molar-refractivity contribution in [2.24, 2.45) is 5.92 Å². The average molecular weight is 256 g/mol. The van der Waals surface area contributed by atoms with Crippen molar-refractivity contribution in [3.05, 3.63) is 35.4 Å². The zero-order chi connectivity index (χ0) is 13.1. The molecule has 0 amide bonds. The van der Waals surface area contributed by atoms with E-state index in [4.69, 9.17) is 0 Å². The highest BCUT2D eigenvalue weighted by Gasteiger charge is 2.24. The Bertz CT molecular complexity index is 420. The van der Waals surface area contributed by atoms with Gasteiger partial charge < -0.3 is 0 Å². The fourth-order valence-corrected chi connectivity index (χ4v) is 3.78. The van der Waals surface area contributed by atoms with Crippen LogP contribution in [-0.4, -0.2) is 5.78 Å². The van der Waals surface area contributed by atoms with E-state index in [9.17, 15) is 4.79 Å². The Labute approximate surface area is 116 Å². The molecule has 2 fully saturated rings. The third-order valence-corrected chi connectivity index (χ3v) is 5.00. The Morgan fingerprint density at radius 3 is 2.00 bits per heavy atom. The first-order chi connectivity index (χ1) is 9.34. The molecule has 0 bridgehead atoms. The van der Waals surface area contributed by atoms with Crippen molar-refractivity contribution < 1.29 is 4.79 Å². The molecule has 0 aromatic heterocycles. The van der Waals surface area contributed by atoms with Crippen LogP contribution in [-0.2, 0) is 0 Å². The maximum Gasteiger partial charge on any atom is 0.165 e. The van der Waals surface area contributed by atoms with Gasteiger partial charge in [0, 0.05) is 11.5 Å². The van der Waals surface area contributed by atoms with Crippen molar-refractivity contribution in [2.75, 3.05) is 0 Å². The highest BCUT2D eigenvalue weighted by Crippen LogP contribution is 2.33. The van der Waals surface area contributed by atoms with E-state index in [1.54, 1.807) is 0 Å². The summed E-state index contributed by atoms with van der Waals surface area (Å²) in [4.78, 5) is 12.3. The lowest BCUT2D eigenvalue weighted by Gasteiger charge is -2.22. The van der Waals surface area contributed by atoms with E-state index in [0.29, 0.717) is 11.7 Å². The number of ketones is 1. The van der Waals surface area contributed by atoms with Crippen LogP contribution < -0.4 is 0 Å². The zero-order valence-corrected chi connectivity index (χ0v) is 11.7. The summed E-state index contributed by atoms with van der Waals surface area (Å²) >= 11 is 0. The van der Waals surface area contributed by atoms with Gasteiger partial charge in [0.05, 0.1) is 0 Å². The molecule has 0 N–H and O–H groups in total. The van der Waals surface area contributed by atoms with Crippen molar-refractivity contribution in [1.82, 2.24) is 0 Å². The summed E-state index contributed by atoms with van der Waals surface area (Å²) in [6, 6.07) is 8.56. The highest BCUT2D eigenvalue weighted by atomic mass is 16.1. The fourth-order valence-electron chi connectivity index (χ4n) is 3.78. The lowest BCUT2D eigenvalue weighted by atomic mass is 9.83. The number of hydrogen-bond donors (Lipinski definition) is 0. The molecule has 0 radical (unpaired) electrons. The molecule has 0 aliphatic heterocycles. The lowest BCUT2D eigenvalue weighted by molar-refractivity contribution is 0.0923. The van der Waals surface area contributed by atoms with E-state index in [-0.39, 0.29) is 0 Å². The Morgan fingerprint density at radius 1 is 0.789 bits per heavy atom. The van der Waals surface area contributed by atoms with Gasteiger partial charge in [-0.2, -0.15) is 0 Å². The maximum atomic E-state index is 12.3. The number of Topliss-reactive ketones (excluding diaryl/α,β-unsaturated/α-hetero) is 1. The maximum absolute atomic E-state index is 12.3. The second-order valence-electron chi connectivity index (χ2n) is 6.30. The molecular weight excluding hydrogens is 232 g/mol. The van der Waals surface area contributed by atoms with Crippen LogP contribution in [0.15, 0.2) is 24.3 Å². The van der Waals surface area contributed by atoms with Gasteiger partial charge in [-0.3, -0.25) is 4.79 Å². The van der Waals surface area contributed by atoms with Gasteiger partial charge in [-0.15, -0.1) is 0 Å². The SMILES string of the molecule is O=C(c1ccc(C2CCCCC2)cc1)C1CCCC1. The van der Waals surface area contributed by atoms with Crippen LogP contribution >= 0.6 is 0 Å². The minimum atomic E-state index is 0.306. The summed E-state index contributed by atoms with van der Waals surface area (Å²) in [5.41, 5.74) is 2.38. The summed E-state index contributed by atoms with van der Waals surface area (Å²) in [6.07, 6.45) is 11.5. The first kappa shape index (κ1) is 12.9. The smallest absolute Gasteiger partial charge is 0.165 e. The van der Waals surface area contributed by atoms with Crippen molar-refractivity contribution in [3.63, 3.8) is 0 Å². The van der Waals surface area contributed by atoms with Crippen molar-refractivity contribution >= 4 is 5.78 Å². The molecule has 2 aliphatic rings. The van der Waals surface area contributed by atoms with Crippen LogP contribution in [0.2, 0.25) is 0 Å². The van der Waals surface area contributed by atoms with E-state index in [1.165, 1.54) is 50.5 Å². The molecule has 0 spiro atoms. The van der Waals surface area contributed by atoms with Crippen molar-refractivity contribution in [3.8, 4) is 0 Å². The van der Waals surface area contributed by atoms with Crippen molar-refractivity contribution in [1.29, 1.82) is 0 Å². The number of carbonyl (C=O) groups is 1. The zero-order valence-electron chi connectivity index (χ0n) is 11.7. The Kier molecular flexibility index (Phi) is 4.00. The second kappa shape index (κ2) is 5.90. The Balaban J connectivity index is 1.69. The monoisotopic (exact) mass is 256 g/mol. The number of carbonyl (C=O) groups excluding carboxylic acids is 1. The Hall–Kier alpha value is -1.11. The molecule has 1 heteroatoms. The van der Waals surface area contributed by atoms with Gasteiger partial charge >= 0.3 is 0 Å². The lowest BCUT2D eigenvalue weighted by Crippen LogP contribution is -2.11. The molecule has 1 aromatic carbocycles. The van der Waals surface area contributed by atoms with Crippen LogP contribution in [0.5, 0.6) is 0 Å². The minimum Gasteiger partial charge on any atom is -0.294 e. The molecular formula is C18H24O.